The number of alkyl halides is 9. The second kappa shape index (κ2) is 13.6. The van der Waals surface area contributed by atoms with Gasteiger partial charge in [-0.25, -0.2) is 9.97 Å². The Balaban J connectivity index is 0.000000557. The molecule has 4 aromatic rings. The van der Waals surface area contributed by atoms with E-state index in [-0.39, 0.29) is 24.4 Å². The molecular weight excluding hydrogens is 627 g/mol. The second-order valence-corrected chi connectivity index (χ2v) is 9.14. The fourth-order valence-corrected chi connectivity index (χ4v) is 4.19. The third-order valence-corrected chi connectivity index (χ3v) is 5.91. The lowest BCUT2D eigenvalue weighted by molar-refractivity contribution is -0.324. The largest absolute Gasteiger partial charge is 0.676 e. The zero-order chi connectivity index (χ0) is 32.0. The number of amides is 1. The zero-order valence-electron chi connectivity index (χ0n) is 21.6. The average Bonchev–Trinajstić information content (AvgIpc) is 3.42. The van der Waals surface area contributed by atoms with E-state index in [1.165, 1.54) is 24.3 Å². The molecule has 0 unspecified atom stereocenters. The minimum Gasteiger partial charge on any atom is -0.676 e. The van der Waals surface area contributed by atoms with Crippen LogP contribution in [0.25, 0.3) is 27.0 Å². The van der Waals surface area contributed by atoms with Gasteiger partial charge in [0.2, 0.25) is 5.95 Å². The van der Waals surface area contributed by atoms with E-state index in [9.17, 15) is 44.3 Å². The Hall–Kier alpha value is -3.88. The van der Waals surface area contributed by atoms with Gasteiger partial charge in [-0.1, -0.05) is 11.3 Å². The van der Waals surface area contributed by atoms with Gasteiger partial charge in [0.15, 0.2) is 5.13 Å². The van der Waals surface area contributed by atoms with Crippen molar-refractivity contribution in [1.29, 1.82) is 0 Å². The van der Waals surface area contributed by atoms with E-state index in [0.29, 0.717) is 32.3 Å². The van der Waals surface area contributed by atoms with Gasteiger partial charge in [0.25, 0.3) is 5.91 Å². The predicted molar refractivity (Wildman–Crippen MR) is 136 cm³/mol. The summed E-state index contributed by atoms with van der Waals surface area (Å²) in [5.41, 5.74) is 7.97. The first-order chi connectivity index (χ1) is 19.9. The fraction of sp³-hybridized carbons (Fsp3) is 0.348. The Morgan fingerprint density at radius 2 is 1.58 bits per heavy atom. The molecule has 4 rings (SSSR count). The van der Waals surface area contributed by atoms with Gasteiger partial charge >= 0.3 is 19.1 Å². The maximum absolute atomic E-state index is 12.4. The number of carbonyl (C=O) groups excluding carboxylic acids is 1. The van der Waals surface area contributed by atoms with Crippen LogP contribution in [0.4, 0.5) is 50.6 Å². The van der Waals surface area contributed by atoms with E-state index in [0.717, 1.165) is 17.4 Å². The highest BCUT2D eigenvalue weighted by Gasteiger charge is 2.31. The fourth-order valence-electron chi connectivity index (χ4n) is 3.30. The third kappa shape index (κ3) is 10.7. The molecule has 0 radical (unpaired) electrons. The van der Waals surface area contributed by atoms with E-state index < -0.39 is 38.2 Å². The maximum Gasteiger partial charge on any atom is 0.573 e. The number of aromatic nitrogens is 3. The number of hydrogen-bond acceptors (Lipinski definition) is 8. The number of benzene rings is 2. The van der Waals surface area contributed by atoms with E-state index in [1.807, 2.05) is 0 Å². The Labute approximate surface area is 239 Å². The van der Waals surface area contributed by atoms with E-state index in [1.54, 1.807) is 17.7 Å². The van der Waals surface area contributed by atoms with Gasteiger partial charge in [-0.3, -0.25) is 14.3 Å². The molecule has 1 amide bonds. The van der Waals surface area contributed by atoms with Crippen molar-refractivity contribution in [1.82, 2.24) is 19.9 Å². The van der Waals surface area contributed by atoms with Gasteiger partial charge in [-0.15, -0.1) is 46.1 Å². The molecule has 43 heavy (non-hydrogen) atoms. The lowest BCUT2D eigenvalue weighted by Gasteiger charge is -2.08. The number of imidazole rings is 1. The second-order valence-electron chi connectivity index (χ2n) is 8.11. The van der Waals surface area contributed by atoms with Gasteiger partial charge < -0.3 is 25.7 Å². The molecule has 2 heterocycles. The number of rotatable bonds is 9. The Kier molecular flexibility index (Phi) is 10.6. The van der Waals surface area contributed by atoms with Crippen molar-refractivity contribution in [3.05, 3.63) is 47.7 Å². The van der Waals surface area contributed by atoms with Crippen LogP contribution in [0.15, 0.2) is 36.4 Å². The Morgan fingerprint density at radius 3 is 2.19 bits per heavy atom. The van der Waals surface area contributed by atoms with Crippen molar-refractivity contribution in [3.8, 4) is 5.75 Å². The third-order valence-electron chi connectivity index (χ3n) is 4.98. The molecule has 2 aromatic carbocycles. The highest BCUT2D eigenvalue weighted by atomic mass is 32.1. The van der Waals surface area contributed by atoms with Gasteiger partial charge in [0.1, 0.15) is 5.75 Å². The van der Waals surface area contributed by atoms with Crippen molar-refractivity contribution in [2.75, 3.05) is 31.6 Å². The number of nitrogens with zero attached hydrogens (tertiary/aromatic N) is 3. The summed E-state index contributed by atoms with van der Waals surface area (Å²) in [5.74, 6) is -0.610. The topological polar surface area (TPSA) is 123 Å². The minimum atomic E-state index is -4.81. The normalized spacial score (nSPS) is 12.3. The monoisotopic (exact) mass is 647 g/mol. The number of thiazole rings is 1. The number of carbonyl (C=O) groups is 1. The lowest BCUT2D eigenvalue weighted by Crippen LogP contribution is -2.29. The molecule has 2 aromatic heterocycles. The van der Waals surface area contributed by atoms with Crippen LogP contribution in [0.2, 0.25) is 0 Å². The van der Waals surface area contributed by atoms with Crippen LogP contribution in [0, 0.1) is 0 Å². The maximum atomic E-state index is 12.4. The van der Waals surface area contributed by atoms with Gasteiger partial charge in [-0.05, 0) is 30.3 Å². The number of fused-ring (bicyclic) bond motifs is 2. The van der Waals surface area contributed by atoms with Crippen molar-refractivity contribution >= 4 is 49.6 Å². The zero-order valence-corrected chi connectivity index (χ0v) is 22.4. The molecule has 0 fully saturated rings. The number of hydrogen-bond donors (Lipinski definition) is 2. The SMILES string of the molecule is Cn1c(Nc2nc3ccc(OC(F)(F)F)cc3s2)nc2cc(C(=O)NCCOC(F)(F)F)ccc21.[NH-]CCOC(F)(F)F. The Bertz CT molecular complexity index is 1540. The highest BCUT2D eigenvalue weighted by molar-refractivity contribution is 7.22. The summed E-state index contributed by atoms with van der Waals surface area (Å²) in [5, 5.41) is 5.69. The molecule has 20 heteroatoms. The van der Waals surface area contributed by atoms with E-state index in [2.05, 4.69) is 34.8 Å². The minimum absolute atomic E-state index is 0.186. The van der Waals surface area contributed by atoms with Crippen LogP contribution in [0.1, 0.15) is 10.4 Å². The molecule has 0 aliphatic heterocycles. The first-order valence-corrected chi connectivity index (χ1v) is 12.5. The first-order valence-electron chi connectivity index (χ1n) is 11.7. The summed E-state index contributed by atoms with van der Waals surface area (Å²) in [6.45, 7) is -2.00. The van der Waals surface area contributed by atoms with Crippen molar-refractivity contribution in [2.24, 2.45) is 7.05 Å². The quantitative estimate of drug-likeness (QED) is 0.154. The molecule has 0 aliphatic carbocycles. The summed E-state index contributed by atoms with van der Waals surface area (Å²) < 4.78 is 119. The van der Waals surface area contributed by atoms with Crippen LogP contribution in [0.5, 0.6) is 5.75 Å². The van der Waals surface area contributed by atoms with E-state index in [4.69, 9.17) is 5.73 Å². The van der Waals surface area contributed by atoms with Gasteiger partial charge in [-0.2, -0.15) is 0 Å². The number of anilines is 2. The van der Waals surface area contributed by atoms with Crippen LogP contribution < -0.4 is 15.4 Å². The average molecular weight is 648 g/mol. The standard InChI is InChI=1S/C20H15F6N5O3S.C3H5F3NO/c1-31-14-5-2-10(16(32)27-6-7-33-19(21,22)23)8-13(14)28-17(31)30-18-29-12-4-3-11(9-15(12)35-18)34-20(24,25)26;4-3(5,6)8-2-1-7/h2-5,8-9H,6-7H2,1H3,(H,27,32)(H,28,29,30);7H,1-2H2/q;-1. The van der Waals surface area contributed by atoms with E-state index >= 15 is 0 Å². The molecule has 0 saturated carbocycles. The molecule has 3 N–H and O–H groups in total. The summed E-state index contributed by atoms with van der Waals surface area (Å²) in [6.07, 6.45) is -14.1. The van der Waals surface area contributed by atoms with Crippen molar-refractivity contribution in [3.63, 3.8) is 0 Å². The first kappa shape index (κ1) is 33.6. The number of nitrogens with one attached hydrogen (secondary N) is 3. The molecule has 0 bridgehead atoms. The number of halogens is 9. The van der Waals surface area contributed by atoms with Gasteiger partial charge in [0, 0.05) is 31.8 Å². The van der Waals surface area contributed by atoms with Crippen LogP contribution in [-0.2, 0) is 16.5 Å². The summed E-state index contributed by atoms with van der Waals surface area (Å²) >= 11 is 1.09. The summed E-state index contributed by atoms with van der Waals surface area (Å²) in [4.78, 5) is 21.0. The molecule has 10 nitrogen and oxygen atoms in total. The molecular formula is C23H20F9N6O4S-. The molecule has 236 valence electrons. The molecule has 0 aliphatic rings. The number of ether oxygens (including phenoxy) is 3. The Morgan fingerprint density at radius 1 is 0.907 bits per heavy atom. The van der Waals surface area contributed by atoms with Crippen molar-refractivity contribution in [2.45, 2.75) is 19.1 Å². The van der Waals surface area contributed by atoms with Crippen molar-refractivity contribution < 1.29 is 58.5 Å². The summed E-state index contributed by atoms with van der Waals surface area (Å²) in [7, 11) is 1.70. The van der Waals surface area contributed by atoms with Crippen LogP contribution in [0.3, 0.4) is 0 Å². The number of aryl methyl sites for hydroxylation is 1. The predicted octanol–water partition coefficient (Wildman–Crippen LogP) is 6.67. The smallest absolute Gasteiger partial charge is 0.573 e. The van der Waals surface area contributed by atoms with Gasteiger partial charge in [0.05, 0.1) is 27.9 Å². The lowest BCUT2D eigenvalue weighted by atomic mass is 10.2. The summed E-state index contributed by atoms with van der Waals surface area (Å²) in [6, 6.07) is 8.38. The highest BCUT2D eigenvalue weighted by Crippen LogP contribution is 2.33. The van der Waals surface area contributed by atoms with Crippen LogP contribution >= 0.6 is 11.3 Å². The molecule has 0 spiro atoms. The molecule has 0 saturated heterocycles. The van der Waals surface area contributed by atoms with Crippen LogP contribution in [-0.4, -0.2) is 65.8 Å². The molecule has 0 atom stereocenters.